The molecule has 0 saturated heterocycles. The van der Waals surface area contributed by atoms with E-state index < -0.39 is 11.0 Å². The van der Waals surface area contributed by atoms with Crippen LogP contribution in [0.15, 0.2) is 47.1 Å². The van der Waals surface area contributed by atoms with Crippen molar-refractivity contribution in [2.45, 2.75) is 83.7 Å². The number of fused-ring (bicyclic) bond motifs is 4. The molecule has 2 fully saturated rings. The van der Waals surface area contributed by atoms with Crippen LogP contribution < -0.4 is 4.90 Å². The van der Waals surface area contributed by atoms with Crippen LogP contribution in [0.25, 0.3) is 0 Å². The third kappa shape index (κ3) is 3.69. The molecule has 0 bridgehead atoms. The summed E-state index contributed by atoms with van der Waals surface area (Å²) in [5.74, 6) is 0.686. The van der Waals surface area contributed by atoms with Gasteiger partial charge in [-0.3, -0.25) is 14.4 Å². The molecule has 0 amide bonds. The van der Waals surface area contributed by atoms with Crippen molar-refractivity contribution in [3.63, 3.8) is 0 Å². The second-order valence-corrected chi connectivity index (χ2v) is 11.7. The van der Waals surface area contributed by atoms with Gasteiger partial charge in [-0.2, -0.15) is 0 Å². The molecule has 1 aromatic carbocycles. The molecule has 1 aromatic rings. The molecule has 0 aliphatic heterocycles. The molecule has 192 valence electrons. The van der Waals surface area contributed by atoms with Crippen LogP contribution >= 0.6 is 0 Å². The van der Waals surface area contributed by atoms with Crippen molar-refractivity contribution in [1.82, 2.24) is 0 Å². The smallest absolute Gasteiger partial charge is 0.303 e. The number of nitrogens with zero attached hydrogens (tertiary/aromatic N) is 1. The van der Waals surface area contributed by atoms with Crippen LogP contribution in [-0.4, -0.2) is 37.2 Å². The molecule has 0 N–H and O–H groups in total. The number of rotatable bonds is 5. The highest BCUT2D eigenvalue weighted by Crippen LogP contribution is 2.68. The van der Waals surface area contributed by atoms with Crippen molar-refractivity contribution in [2.24, 2.45) is 17.3 Å². The Morgan fingerprint density at radius 3 is 2.44 bits per heavy atom. The number of hydrogen-bond acceptors (Lipinski definition) is 5. The molecule has 2 saturated carbocycles. The lowest BCUT2D eigenvalue weighted by Crippen LogP contribution is -2.57. The summed E-state index contributed by atoms with van der Waals surface area (Å²) in [5, 5.41) is 0. The van der Waals surface area contributed by atoms with E-state index in [0.29, 0.717) is 25.2 Å². The number of esters is 1. The highest BCUT2D eigenvalue weighted by atomic mass is 16.6. The SMILES string of the molecule is CCC(=O)[C@@]1(OC(C)=O)CCC2C3CCC4=CC(=O)CCC4=C3C(c3ccc(N(C)C)cc3)C[C@@]21C. The zero-order chi connectivity index (χ0) is 25.8. The minimum Gasteiger partial charge on any atom is -0.451 e. The monoisotopic (exact) mass is 489 g/mol. The zero-order valence-electron chi connectivity index (χ0n) is 22.4. The van der Waals surface area contributed by atoms with Crippen molar-refractivity contribution in [1.29, 1.82) is 0 Å². The van der Waals surface area contributed by atoms with E-state index in [2.05, 4.69) is 36.1 Å². The lowest BCUT2D eigenvalue weighted by molar-refractivity contribution is -0.183. The molecule has 0 aromatic heterocycles. The van der Waals surface area contributed by atoms with Gasteiger partial charge in [-0.15, -0.1) is 0 Å². The number of carbonyl (C=O) groups is 3. The highest BCUT2D eigenvalue weighted by Gasteiger charge is 2.67. The summed E-state index contributed by atoms with van der Waals surface area (Å²) in [7, 11) is 4.09. The van der Waals surface area contributed by atoms with Crippen LogP contribution in [0.5, 0.6) is 0 Å². The maximum atomic E-state index is 13.6. The molecule has 0 spiro atoms. The number of anilines is 1. The molecule has 4 aliphatic carbocycles. The van der Waals surface area contributed by atoms with Crippen molar-refractivity contribution < 1.29 is 19.1 Å². The first-order valence-corrected chi connectivity index (χ1v) is 13.6. The summed E-state index contributed by atoms with van der Waals surface area (Å²) in [6.07, 6.45) is 7.82. The van der Waals surface area contributed by atoms with Crippen LogP contribution in [0, 0.1) is 17.3 Å². The Kier molecular flexibility index (Phi) is 6.25. The molecule has 5 heteroatoms. The van der Waals surface area contributed by atoms with Crippen LogP contribution in [0.3, 0.4) is 0 Å². The van der Waals surface area contributed by atoms with Gasteiger partial charge in [0.1, 0.15) is 0 Å². The van der Waals surface area contributed by atoms with Crippen LogP contribution in [-0.2, 0) is 19.1 Å². The number of carbonyl (C=O) groups excluding carboxylic acids is 3. The largest absolute Gasteiger partial charge is 0.451 e. The molecule has 5 rings (SSSR count). The van der Waals surface area contributed by atoms with E-state index in [1.807, 2.05) is 27.1 Å². The normalized spacial score (nSPS) is 33.3. The highest BCUT2D eigenvalue weighted by molar-refractivity contribution is 5.93. The minimum atomic E-state index is -1.06. The van der Waals surface area contributed by atoms with Gasteiger partial charge in [-0.1, -0.05) is 31.6 Å². The minimum absolute atomic E-state index is 0.0557. The zero-order valence-corrected chi connectivity index (χ0v) is 22.4. The second-order valence-electron chi connectivity index (χ2n) is 11.7. The van der Waals surface area contributed by atoms with E-state index in [4.69, 9.17) is 4.74 Å². The Morgan fingerprint density at radius 2 is 1.81 bits per heavy atom. The fourth-order valence-electron chi connectivity index (χ4n) is 8.17. The molecule has 0 radical (unpaired) electrons. The molecule has 4 aliphatic rings. The molecule has 0 heterocycles. The van der Waals surface area contributed by atoms with Crippen molar-refractivity contribution in [3.8, 4) is 0 Å². The van der Waals surface area contributed by atoms with E-state index in [0.717, 1.165) is 37.8 Å². The number of ketones is 2. The van der Waals surface area contributed by atoms with Gasteiger partial charge < -0.3 is 9.64 Å². The molecule has 36 heavy (non-hydrogen) atoms. The van der Waals surface area contributed by atoms with Gasteiger partial charge in [-0.25, -0.2) is 0 Å². The second kappa shape index (κ2) is 9.00. The molecule has 5 atom stereocenters. The van der Waals surface area contributed by atoms with Crippen LogP contribution in [0.4, 0.5) is 5.69 Å². The lowest BCUT2D eigenvalue weighted by Gasteiger charge is -2.55. The van der Waals surface area contributed by atoms with Gasteiger partial charge >= 0.3 is 5.97 Å². The average Bonchev–Trinajstić information content (AvgIpc) is 3.14. The van der Waals surface area contributed by atoms with E-state index in [1.165, 1.54) is 29.2 Å². The van der Waals surface area contributed by atoms with E-state index in [1.54, 1.807) is 0 Å². The van der Waals surface area contributed by atoms with Crippen LogP contribution in [0.2, 0.25) is 0 Å². The number of ether oxygens (including phenoxy) is 1. The molecule has 5 nitrogen and oxygen atoms in total. The van der Waals surface area contributed by atoms with Crippen LogP contribution in [0.1, 0.15) is 83.6 Å². The van der Waals surface area contributed by atoms with E-state index >= 15 is 0 Å². The van der Waals surface area contributed by atoms with Crippen molar-refractivity contribution >= 4 is 23.2 Å². The first-order chi connectivity index (χ1) is 17.1. The topological polar surface area (TPSA) is 63.7 Å². The van der Waals surface area contributed by atoms with Gasteiger partial charge in [0, 0.05) is 50.9 Å². The fraction of sp³-hybridized carbons (Fsp3) is 0.581. The Hall–Kier alpha value is -2.69. The van der Waals surface area contributed by atoms with Gasteiger partial charge in [0.25, 0.3) is 0 Å². The number of benzene rings is 1. The summed E-state index contributed by atoms with van der Waals surface area (Å²) in [6.45, 7) is 5.54. The Labute approximate surface area is 215 Å². The standard InChI is InChI=1S/C31H39NO4/c1-6-28(35)31(36-19(2)33)16-15-27-25-13-9-21-17-23(34)12-14-24(21)29(25)26(18-30(27,31)3)20-7-10-22(11-8-20)32(4)5/h7-8,10-11,17,25-27H,6,9,12-16,18H2,1-5H3/t25?,26?,27?,30-,31-/m0/s1. The molecule has 3 unspecified atom stereocenters. The number of Topliss-reactive ketones (excluding diaryl/α,β-unsaturated/α-hetero) is 1. The third-order valence-corrected chi connectivity index (χ3v) is 9.76. The van der Waals surface area contributed by atoms with Gasteiger partial charge in [0.15, 0.2) is 17.2 Å². The number of hydrogen-bond donors (Lipinski definition) is 0. The van der Waals surface area contributed by atoms with Gasteiger partial charge in [0.05, 0.1) is 0 Å². The Morgan fingerprint density at radius 1 is 1.08 bits per heavy atom. The van der Waals surface area contributed by atoms with Gasteiger partial charge in [0.2, 0.25) is 0 Å². The molecular weight excluding hydrogens is 450 g/mol. The van der Waals surface area contributed by atoms with E-state index in [9.17, 15) is 14.4 Å². The predicted molar refractivity (Wildman–Crippen MR) is 141 cm³/mol. The summed E-state index contributed by atoms with van der Waals surface area (Å²) in [6, 6.07) is 8.78. The van der Waals surface area contributed by atoms with Crippen molar-refractivity contribution in [2.75, 3.05) is 19.0 Å². The quantitative estimate of drug-likeness (QED) is 0.480. The summed E-state index contributed by atoms with van der Waals surface area (Å²) < 4.78 is 6.09. The predicted octanol–water partition coefficient (Wildman–Crippen LogP) is 5.93. The summed E-state index contributed by atoms with van der Waals surface area (Å²) >= 11 is 0. The lowest BCUT2D eigenvalue weighted by atomic mass is 9.50. The summed E-state index contributed by atoms with van der Waals surface area (Å²) in [5.41, 5.74) is 5.01. The Bertz CT molecular complexity index is 1160. The molecular formula is C31H39NO4. The van der Waals surface area contributed by atoms with Crippen molar-refractivity contribution in [3.05, 3.63) is 52.6 Å². The average molecular weight is 490 g/mol. The van der Waals surface area contributed by atoms with Gasteiger partial charge in [-0.05, 0) is 85.3 Å². The Balaban J connectivity index is 1.69. The number of allylic oxidation sites excluding steroid dienone is 4. The fourth-order valence-corrected chi connectivity index (χ4v) is 8.17. The first kappa shape index (κ1) is 25.0. The third-order valence-electron chi connectivity index (χ3n) is 9.76. The maximum Gasteiger partial charge on any atom is 0.303 e. The maximum absolute atomic E-state index is 13.6. The first-order valence-electron chi connectivity index (χ1n) is 13.6. The summed E-state index contributed by atoms with van der Waals surface area (Å²) in [4.78, 5) is 40.3. The van der Waals surface area contributed by atoms with E-state index in [-0.39, 0.29) is 29.4 Å².